The van der Waals surface area contributed by atoms with Gasteiger partial charge in [0.1, 0.15) is 12.0 Å². The summed E-state index contributed by atoms with van der Waals surface area (Å²) in [5.41, 5.74) is 1.86. The molecule has 0 saturated carbocycles. The van der Waals surface area contributed by atoms with Crippen molar-refractivity contribution in [3.05, 3.63) is 23.3 Å². The second-order valence-corrected chi connectivity index (χ2v) is 3.36. The second kappa shape index (κ2) is 4.81. The van der Waals surface area contributed by atoms with Crippen molar-refractivity contribution < 1.29 is 0 Å². The second-order valence-electron chi connectivity index (χ2n) is 3.00. The van der Waals surface area contributed by atoms with Crippen LogP contribution in [0.5, 0.6) is 0 Å². The van der Waals surface area contributed by atoms with Crippen molar-refractivity contribution in [1.29, 1.82) is 0 Å². The fourth-order valence-corrected chi connectivity index (χ4v) is 1.14. The molecule has 0 bridgehead atoms. The van der Waals surface area contributed by atoms with Gasteiger partial charge in [-0.05, 0) is 13.8 Å². The zero-order valence-electron chi connectivity index (χ0n) is 8.43. The van der Waals surface area contributed by atoms with Crippen LogP contribution < -0.4 is 10.6 Å². The third-order valence-corrected chi connectivity index (χ3v) is 1.84. The maximum absolute atomic E-state index is 5.87. The zero-order valence-corrected chi connectivity index (χ0v) is 9.18. The summed E-state index contributed by atoms with van der Waals surface area (Å²) in [7, 11) is 1.78. The molecule has 0 saturated heterocycles. The molecule has 5 heteroatoms. The Morgan fingerprint density at radius 3 is 2.71 bits per heavy atom. The van der Waals surface area contributed by atoms with Crippen molar-refractivity contribution >= 4 is 23.1 Å². The summed E-state index contributed by atoms with van der Waals surface area (Å²) in [6.45, 7) is 3.99. The molecule has 0 fully saturated rings. The van der Waals surface area contributed by atoms with E-state index in [1.807, 2.05) is 20.0 Å². The first-order valence-electron chi connectivity index (χ1n) is 4.23. The maximum atomic E-state index is 5.87. The molecule has 0 radical (unpaired) electrons. The lowest BCUT2D eigenvalue weighted by atomic mass is 10.4. The number of halogens is 1. The Labute approximate surface area is 88.4 Å². The minimum absolute atomic E-state index is 0.409. The van der Waals surface area contributed by atoms with Crippen LogP contribution in [-0.4, -0.2) is 17.0 Å². The molecule has 0 unspecified atom stereocenters. The molecule has 0 spiro atoms. The Hall–Kier alpha value is -1.29. The van der Waals surface area contributed by atoms with Crippen molar-refractivity contribution in [3.8, 4) is 0 Å². The van der Waals surface area contributed by atoms with E-state index in [-0.39, 0.29) is 0 Å². The summed E-state index contributed by atoms with van der Waals surface area (Å²) in [6.07, 6.45) is 3.28. The van der Waals surface area contributed by atoms with Gasteiger partial charge in [-0.15, -0.1) is 0 Å². The third kappa shape index (κ3) is 2.60. The minimum atomic E-state index is 0.409. The van der Waals surface area contributed by atoms with Crippen LogP contribution in [0.15, 0.2) is 18.1 Å². The van der Waals surface area contributed by atoms with E-state index in [1.165, 1.54) is 6.33 Å². The third-order valence-electron chi connectivity index (χ3n) is 1.55. The number of rotatable bonds is 3. The van der Waals surface area contributed by atoms with Crippen LogP contribution in [-0.2, 0) is 0 Å². The number of aromatic nitrogens is 2. The Morgan fingerprint density at radius 2 is 2.14 bits per heavy atom. The first kappa shape index (κ1) is 10.8. The molecule has 76 valence electrons. The fraction of sp³-hybridized carbons (Fsp3) is 0.333. The molecule has 2 N–H and O–H groups in total. The molecule has 0 atom stereocenters. The van der Waals surface area contributed by atoms with Gasteiger partial charge in [0.05, 0.1) is 0 Å². The van der Waals surface area contributed by atoms with E-state index >= 15 is 0 Å². The lowest BCUT2D eigenvalue weighted by Gasteiger charge is -2.08. The van der Waals surface area contributed by atoms with Crippen molar-refractivity contribution in [2.45, 2.75) is 13.8 Å². The van der Waals surface area contributed by atoms with E-state index in [0.29, 0.717) is 16.7 Å². The first-order valence-corrected chi connectivity index (χ1v) is 4.61. The molecule has 1 rings (SSSR count). The fourth-order valence-electron chi connectivity index (χ4n) is 0.908. The van der Waals surface area contributed by atoms with Gasteiger partial charge in [-0.2, -0.15) is 0 Å². The van der Waals surface area contributed by atoms with Gasteiger partial charge in [-0.1, -0.05) is 17.2 Å². The summed E-state index contributed by atoms with van der Waals surface area (Å²) in [4.78, 5) is 7.94. The summed E-state index contributed by atoms with van der Waals surface area (Å²) in [5, 5.41) is 6.39. The van der Waals surface area contributed by atoms with Crippen molar-refractivity contribution in [3.63, 3.8) is 0 Å². The largest absolute Gasteiger partial charge is 0.383 e. The Balaban J connectivity index is 2.96. The van der Waals surface area contributed by atoms with Crippen LogP contribution in [0.25, 0.3) is 0 Å². The normalized spacial score (nSPS) is 9.43. The average molecular weight is 213 g/mol. The molecule has 0 amide bonds. The van der Waals surface area contributed by atoms with E-state index in [0.717, 1.165) is 5.57 Å². The number of hydrogen-bond donors (Lipinski definition) is 2. The lowest BCUT2D eigenvalue weighted by Crippen LogP contribution is -2.01. The predicted molar refractivity (Wildman–Crippen MR) is 59.6 cm³/mol. The monoisotopic (exact) mass is 212 g/mol. The molecule has 0 aliphatic rings. The predicted octanol–water partition coefficient (Wildman–Crippen LogP) is 2.51. The highest BCUT2D eigenvalue weighted by atomic mass is 35.5. The summed E-state index contributed by atoms with van der Waals surface area (Å²) in [6, 6.07) is 0. The van der Waals surface area contributed by atoms with Gasteiger partial charge in [0.15, 0.2) is 11.0 Å². The number of hydrogen-bond acceptors (Lipinski definition) is 4. The Bertz CT molecular complexity index is 345. The summed E-state index contributed by atoms with van der Waals surface area (Å²) < 4.78 is 0. The SMILES string of the molecule is CNc1c(Cl)ncnc1NC=C(C)C. The Kier molecular flexibility index (Phi) is 3.71. The van der Waals surface area contributed by atoms with E-state index in [2.05, 4.69) is 20.6 Å². The molecule has 0 aliphatic heterocycles. The highest BCUT2D eigenvalue weighted by Crippen LogP contribution is 2.25. The van der Waals surface area contributed by atoms with Gasteiger partial charge in [0, 0.05) is 13.2 Å². The molecule has 0 aliphatic carbocycles. The van der Waals surface area contributed by atoms with Crippen molar-refractivity contribution in [1.82, 2.24) is 9.97 Å². The quantitative estimate of drug-likeness (QED) is 0.756. The molecular weight excluding hydrogens is 200 g/mol. The number of allylic oxidation sites excluding steroid dienone is 1. The molecule has 1 aromatic rings. The van der Waals surface area contributed by atoms with E-state index < -0.39 is 0 Å². The number of nitrogens with zero attached hydrogens (tertiary/aromatic N) is 2. The van der Waals surface area contributed by atoms with Crippen LogP contribution in [0.4, 0.5) is 11.5 Å². The molecule has 1 heterocycles. The number of anilines is 2. The number of nitrogens with one attached hydrogen (secondary N) is 2. The van der Waals surface area contributed by atoms with Gasteiger partial charge < -0.3 is 10.6 Å². The van der Waals surface area contributed by atoms with Crippen LogP contribution in [0.1, 0.15) is 13.8 Å². The standard InChI is InChI=1S/C9H13ClN4/c1-6(2)4-12-9-7(11-3)8(10)13-5-14-9/h4-5,11H,1-3H3,(H,12,13,14). The highest BCUT2D eigenvalue weighted by Gasteiger charge is 2.05. The van der Waals surface area contributed by atoms with Gasteiger partial charge in [0.2, 0.25) is 0 Å². The Morgan fingerprint density at radius 1 is 1.43 bits per heavy atom. The van der Waals surface area contributed by atoms with Crippen LogP contribution in [0, 0.1) is 0 Å². The average Bonchev–Trinajstić information content (AvgIpc) is 2.14. The summed E-state index contributed by atoms with van der Waals surface area (Å²) >= 11 is 5.87. The van der Waals surface area contributed by atoms with Crippen molar-refractivity contribution in [2.75, 3.05) is 17.7 Å². The zero-order chi connectivity index (χ0) is 10.6. The van der Waals surface area contributed by atoms with Crippen molar-refractivity contribution in [2.24, 2.45) is 0 Å². The maximum Gasteiger partial charge on any atom is 0.158 e. The lowest BCUT2D eigenvalue weighted by molar-refractivity contribution is 1.16. The minimum Gasteiger partial charge on any atom is -0.383 e. The molecular formula is C9H13ClN4. The highest BCUT2D eigenvalue weighted by molar-refractivity contribution is 6.32. The van der Waals surface area contributed by atoms with Gasteiger partial charge in [0.25, 0.3) is 0 Å². The van der Waals surface area contributed by atoms with E-state index in [4.69, 9.17) is 11.6 Å². The molecule has 1 aromatic heterocycles. The van der Waals surface area contributed by atoms with Gasteiger partial charge in [-0.3, -0.25) is 0 Å². The molecule has 14 heavy (non-hydrogen) atoms. The van der Waals surface area contributed by atoms with E-state index in [9.17, 15) is 0 Å². The molecule has 0 aromatic carbocycles. The topological polar surface area (TPSA) is 49.8 Å². The van der Waals surface area contributed by atoms with E-state index in [1.54, 1.807) is 7.05 Å². The van der Waals surface area contributed by atoms with Gasteiger partial charge >= 0.3 is 0 Å². The first-order chi connectivity index (χ1) is 6.65. The smallest absolute Gasteiger partial charge is 0.158 e. The van der Waals surface area contributed by atoms with Crippen LogP contribution in [0.2, 0.25) is 5.15 Å². The summed E-state index contributed by atoms with van der Waals surface area (Å²) in [5.74, 6) is 0.675. The molecule has 4 nitrogen and oxygen atoms in total. The van der Waals surface area contributed by atoms with Crippen LogP contribution >= 0.6 is 11.6 Å². The van der Waals surface area contributed by atoms with Crippen LogP contribution in [0.3, 0.4) is 0 Å². The van der Waals surface area contributed by atoms with Gasteiger partial charge in [-0.25, -0.2) is 9.97 Å².